The Labute approximate surface area is 114 Å². The van der Waals surface area contributed by atoms with Crippen LogP contribution in [0.1, 0.15) is 42.4 Å². The molecule has 96 valence electrons. The SMILES string of the molecule is O=C(O)C1(c2cc3c(c(Br)c2O)CCC3)CCC1. The van der Waals surface area contributed by atoms with Crippen LogP contribution in [0, 0.1) is 0 Å². The van der Waals surface area contributed by atoms with Gasteiger partial charge in [-0.15, -0.1) is 0 Å². The second-order valence-corrected chi connectivity index (χ2v) is 6.11. The van der Waals surface area contributed by atoms with Crippen molar-refractivity contribution in [3.63, 3.8) is 0 Å². The lowest BCUT2D eigenvalue weighted by Crippen LogP contribution is -2.42. The Morgan fingerprint density at radius 3 is 2.56 bits per heavy atom. The lowest BCUT2D eigenvalue weighted by Gasteiger charge is -2.39. The van der Waals surface area contributed by atoms with Crippen molar-refractivity contribution < 1.29 is 15.0 Å². The number of hydrogen-bond donors (Lipinski definition) is 2. The van der Waals surface area contributed by atoms with Crippen molar-refractivity contribution in [2.45, 2.75) is 43.9 Å². The number of phenolic OH excluding ortho intramolecular Hbond substituents is 1. The molecular formula is C14H15BrO3. The smallest absolute Gasteiger partial charge is 0.314 e. The maximum atomic E-state index is 11.5. The summed E-state index contributed by atoms with van der Waals surface area (Å²) in [6, 6.07) is 1.93. The van der Waals surface area contributed by atoms with Gasteiger partial charge in [-0.1, -0.05) is 12.5 Å². The highest BCUT2D eigenvalue weighted by atomic mass is 79.9. The van der Waals surface area contributed by atoms with Crippen molar-refractivity contribution >= 4 is 21.9 Å². The minimum absolute atomic E-state index is 0.137. The molecule has 1 aromatic carbocycles. The van der Waals surface area contributed by atoms with Gasteiger partial charge in [0.2, 0.25) is 0 Å². The fourth-order valence-corrected chi connectivity index (χ4v) is 3.84. The molecule has 0 saturated heterocycles. The summed E-state index contributed by atoms with van der Waals surface area (Å²) in [6.07, 6.45) is 5.19. The molecule has 1 fully saturated rings. The van der Waals surface area contributed by atoms with Crippen LogP contribution in [0.3, 0.4) is 0 Å². The number of halogens is 1. The molecule has 1 aromatic rings. The number of aromatic hydroxyl groups is 1. The number of benzene rings is 1. The van der Waals surface area contributed by atoms with E-state index in [0.717, 1.165) is 31.2 Å². The average molecular weight is 311 g/mol. The first-order valence-electron chi connectivity index (χ1n) is 6.33. The molecule has 1 saturated carbocycles. The minimum Gasteiger partial charge on any atom is -0.506 e. The number of rotatable bonds is 2. The fourth-order valence-electron chi connectivity index (χ4n) is 3.17. The first kappa shape index (κ1) is 12.0. The van der Waals surface area contributed by atoms with Gasteiger partial charge < -0.3 is 10.2 Å². The van der Waals surface area contributed by atoms with E-state index in [-0.39, 0.29) is 5.75 Å². The Hall–Kier alpha value is -1.03. The van der Waals surface area contributed by atoms with Gasteiger partial charge in [-0.3, -0.25) is 4.79 Å². The molecule has 0 atom stereocenters. The Kier molecular flexibility index (Phi) is 2.66. The van der Waals surface area contributed by atoms with Crippen LogP contribution < -0.4 is 0 Å². The van der Waals surface area contributed by atoms with Crippen molar-refractivity contribution in [1.82, 2.24) is 0 Å². The first-order valence-corrected chi connectivity index (χ1v) is 7.12. The van der Waals surface area contributed by atoms with Gasteiger partial charge in [0.1, 0.15) is 5.75 Å². The van der Waals surface area contributed by atoms with Crippen molar-refractivity contribution in [3.8, 4) is 5.75 Å². The van der Waals surface area contributed by atoms with E-state index in [1.54, 1.807) is 0 Å². The van der Waals surface area contributed by atoms with Crippen molar-refractivity contribution in [3.05, 3.63) is 27.2 Å². The Morgan fingerprint density at radius 2 is 2.00 bits per heavy atom. The lowest BCUT2D eigenvalue weighted by molar-refractivity contribution is -0.147. The van der Waals surface area contributed by atoms with E-state index >= 15 is 0 Å². The van der Waals surface area contributed by atoms with Gasteiger partial charge in [0.05, 0.1) is 9.89 Å². The van der Waals surface area contributed by atoms with Crippen LogP contribution in [-0.4, -0.2) is 16.2 Å². The molecule has 0 heterocycles. The number of fused-ring (bicyclic) bond motifs is 1. The molecule has 4 heteroatoms. The van der Waals surface area contributed by atoms with Crippen LogP contribution in [0.4, 0.5) is 0 Å². The summed E-state index contributed by atoms with van der Waals surface area (Å²) in [5.41, 5.74) is 2.09. The number of phenols is 1. The van der Waals surface area contributed by atoms with Crippen molar-refractivity contribution in [2.75, 3.05) is 0 Å². The number of aryl methyl sites for hydroxylation is 1. The maximum Gasteiger partial charge on any atom is 0.314 e. The molecule has 0 radical (unpaired) electrons. The van der Waals surface area contributed by atoms with Gasteiger partial charge in [-0.2, -0.15) is 0 Å². The zero-order valence-corrected chi connectivity index (χ0v) is 11.6. The van der Waals surface area contributed by atoms with E-state index in [9.17, 15) is 15.0 Å². The molecule has 0 unspecified atom stereocenters. The normalized spacial score (nSPS) is 20.3. The van der Waals surface area contributed by atoms with E-state index in [1.807, 2.05) is 6.07 Å². The third kappa shape index (κ3) is 1.44. The summed E-state index contributed by atoms with van der Waals surface area (Å²) in [4.78, 5) is 11.5. The third-order valence-electron chi connectivity index (χ3n) is 4.44. The van der Waals surface area contributed by atoms with Gasteiger partial charge in [0.25, 0.3) is 0 Å². The Bertz CT molecular complexity index is 532. The van der Waals surface area contributed by atoms with E-state index < -0.39 is 11.4 Å². The van der Waals surface area contributed by atoms with E-state index in [4.69, 9.17) is 0 Å². The highest BCUT2D eigenvalue weighted by Crippen LogP contribution is 2.51. The zero-order chi connectivity index (χ0) is 12.9. The predicted molar refractivity (Wildman–Crippen MR) is 71.0 cm³/mol. The predicted octanol–water partition coefficient (Wildman–Crippen LogP) is 3.15. The first-order chi connectivity index (χ1) is 8.56. The van der Waals surface area contributed by atoms with Gasteiger partial charge >= 0.3 is 5.97 Å². The van der Waals surface area contributed by atoms with Crippen molar-refractivity contribution in [1.29, 1.82) is 0 Å². The summed E-state index contributed by atoms with van der Waals surface area (Å²) in [5.74, 6) is -0.674. The monoisotopic (exact) mass is 310 g/mol. The molecule has 0 bridgehead atoms. The summed E-state index contributed by atoms with van der Waals surface area (Å²) in [5, 5.41) is 19.8. The van der Waals surface area contributed by atoms with E-state index in [0.29, 0.717) is 22.9 Å². The topological polar surface area (TPSA) is 57.5 Å². The number of carbonyl (C=O) groups is 1. The van der Waals surface area contributed by atoms with Crippen LogP contribution in [-0.2, 0) is 23.1 Å². The fraction of sp³-hybridized carbons (Fsp3) is 0.500. The average Bonchev–Trinajstić information content (AvgIpc) is 2.71. The Morgan fingerprint density at radius 1 is 1.28 bits per heavy atom. The molecule has 2 N–H and O–H groups in total. The molecule has 2 aliphatic carbocycles. The van der Waals surface area contributed by atoms with Gasteiger partial charge in [0.15, 0.2) is 0 Å². The summed E-state index contributed by atoms with van der Waals surface area (Å²) in [6.45, 7) is 0. The molecule has 0 aromatic heterocycles. The molecule has 0 spiro atoms. The van der Waals surface area contributed by atoms with Gasteiger partial charge in [-0.25, -0.2) is 0 Å². The Balaban J connectivity index is 2.19. The molecular weight excluding hydrogens is 296 g/mol. The molecule has 3 nitrogen and oxygen atoms in total. The molecule has 0 amide bonds. The number of aliphatic carboxylic acids is 1. The number of carboxylic acids is 1. The largest absolute Gasteiger partial charge is 0.506 e. The highest BCUT2D eigenvalue weighted by Gasteiger charge is 2.48. The molecule has 18 heavy (non-hydrogen) atoms. The highest BCUT2D eigenvalue weighted by molar-refractivity contribution is 9.10. The summed E-state index contributed by atoms with van der Waals surface area (Å²) >= 11 is 3.43. The maximum absolute atomic E-state index is 11.5. The standard InChI is InChI=1S/C14H15BrO3/c15-11-9-4-1-3-8(9)7-10(12(11)16)14(13(17)18)5-2-6-14/h7,16H,1-6H2,(H,17,18). The molecule has 3 rings (SSSR count). The van der Waals surface area contributed by atoms with Crippen LogP contribution in [0.15, 0.2) is 10.5 Å². The van der Waals surface area contributed by atoms with Crippen LogP contribution in [0.25, 0.3) is 0 Å². The third-order valence-corrected chi connectivity index (χ3v) is 5.29. The van der Waals surface area contributed by atoms with E-state index in [1.165, 1.54) is 5.56 Å². The summed E-state index contributed by atoms with van der Waals surface area (Å²) in [7, 11) is 0. The van der Waals surface area contributed by atoms with E-state index in [2.05, 4.69) is 15.9 Å². The van der Waals surface area contributed by atoms with Gasteiger partial charge in [0, 0.05) is 5.56 Å². The second-order valence-electron chi connectivity index (χ2n) is 5.32. The minimum atomic E-state index is -0.857. The number of hydrogen-bond acceptors (Lipinski definition) is 2. The van der Waals surface area contributed by atoms with Crippen LogP contribution in [0.5, 0.6) is 5.75 Å². The zero-order valence-electron chi connectivity index (χ0n) is 10.0. The second kappa shape index (κ2) is 3.98. The lowest BCUT2D eigenvalue weighted by atomic mass is 9.64. The molecule has 0 aliphatic heterocycles. The summed E-state index contributed by atoms with van der Waals surface area (Å²) < 4.78 is 0.708. The van der Waals surface area contributed by atoms with Crippen LogP contribution >= 0.6 is 15.9 Å². The molecule has 2 aliphatic rings. The quantitative estimate of drug-likeness (QED) is 0.882. The van der Waals surface area contributed by atoms with Crippen LogP contribution in [0.2, 0.25) is 0 Å². The number of carboxylic acid groups (broad SMARTS) is 1. The van der Waals surface area contributed by atoms with Gasteiger partial charge in [-0.05, 0) is 59.2 Å². The van der Waals surface area contributed by atoms with Crippen molar-refractivity contribution in [2.24, 2.45) is 0 Å².